The van der Waals surface area contributed by atoms with E-state index in [2.05, 4.69) is 55.3 Å². The Morgan fingerprint density at radius 2 is 2.00 bits per heavy atom. The quantitative estimate of drug-likeness (QED) is 0.812. The number of nitrogens with one attached hydrogen (secondary N) is 1. The molecule has 1 N–H and O–H groups in total. The molecule has 94 valence electrons. The average Bonchev–Trinajstić information content (AvgIpc) is 2.54. The third-order valence-electron chi connectivity index (χ3n) is 3.60. The molecule has 0 aliphatic heterocycles. The molecule has 2 heteroatoms. The van der Waals surface area contributed by atoms with Gasteiger partial charge >= 0.3 is 0 Å². The van der Waals surface area contributed by atoms with E-state index in [4.69, 9.17) is 0 Å². The van der Waals surface area contributed by atoms with Crippen LogP contribution in [0.2, 0.25) is 0 Å². The maximum absolute atomic E-state index is 3.51. The van der Waals surface area contributed by atoms with E-state index in [1.807, 2.05) is 0 Å². The van der Waals surface area contributed by atoms with E-state index in [1.165, 1.54) is 42.6 Å². The third kappa shape index (κ3) is 3.75. The normalized spacial score (nSPS) is 25.5. The number of benzene rings is 1. The van der Waals surface area contributed by atoms with Gasteiger partial charge in [-0.3, -0.25) is 0 Å². The molecule has 17 heavy (non-hydrogen) atoms. The van der Waals surface area contributed by atoms with Crippen LogP contribution in [0, 0.1) is 6.92 Å². The van der Waals surface area contributed by atoms with Crippen LogP contribution in [0.1, 0.15) is 37.7 Å². The summed E-state index contributed by atoms with van der Waals surface area (Å²) < 4.78 is 0. The van der Waals surface area contributed by atoms with Crippen molar-refractivity contribution in [1.82, 2.24) is 5.32 Å². The lowest BCUT2D eigenvalue weighted by atomic mass is 10.1. The Balaban J connectivity index is 2.04. The molecule has 0 spiro atoms. The second-order valence-electron chi connectivity index (χ2n) is 5.01. The molecule has 1 aromatic carbocycles. The minimum atomic E-state index is 0.683. The number of rotatable bonds is 3. The predicted octanol–water partition coefficient (Wildman–Crippen LogP) is 4.01. The minimum Gasteiger partial charge on any atom is -0.316 e. The molecule has 0 amide bonds. The summed E-state index contributed by atoms with van der Waals surface area (Å²) in [6, 6.07) is 9.58. The van der Waals surface area contributed by atoms with Gasteiger partial charge < -0.3 is 5.32 Å². The van der Waals surface area contributed by atoms with Crippen LogP contribution in [0.15, 0.2) is 29.2 Å². The third-order valence-corrected chi connectivity index (χ3v) is 4.99. The smallest absolute Gasteiger partial charge is 0.0248 e. The maximum atomic E-state index is 3.51. The van der Waals surface area contributed by atoms with Crippen molar-refractivity contribution in [1.29, 1.82) is 0 Å². The van der Waals surface area contributed by atoms with Crippen molar-refractivity contribution in [2.24, 2.45) is 0 Å². The largest absolute Gasteiger partial charge is 0.316 e. The molecule has 1 aromatic rings. The molecule has 0 heterocycles. The van der Waals surface area contributed by atoms with E-state index in [0.29, 0.717) is 6.04 Å². The summed E-state index contributed by atoms with van der Waals surface area (Å²) in [4.78, 5) is 1.43. The van der Waals surface area contributed by atoms with E-state index in [-0.39, 0.29) is 0 Å². The van der Waals surface area contributed by atoms with Gasteiger partial charge in [-0.05, 0) is 38.9 Å². The van der Waals surface area contributed by atoms with Gasteiger partial charge in [0, 0.05) is 16.2 Å². The highest BCUT2D eigenvalue weighted by Gasteiger charge is 2.23. The summed E-state index contributed by atoms with van der Waals surface area (Å²) in [7, 11) is 2.11. The van der Waals surface area contributed by atoms with Gasteiger partial charge in [0.1, 0.15) is 0 Å². The Labute approximate surface area is 109 Å². The second-order valence-corrected chi connectivity index (χ2v) is 6.32. The van der Waals surface area contributed by atoms with Gasteiger partial charge in [0.2, 0.25) is 0 Å². The fraction of sp³-hybridized carbons (Fsp3) is 0.600. The zero-order chi connectivity index (χ0) is 12.1. The van der Waals surface area contributed by atoms with Gasteiger partial charge in [0.25, 0.3) is 0 Å². The molecule has 1 fully saturated rings. The van der Waals surface area contributed by atoms with Crippen LogP contribution in [-0.4, -0.2) is 18.3 Å². The molecule has 1 nitrogen and oxygen atoms in total. The first-order valence-electron chi connectivity index (χ1n) is 6.70. The summed E-state index contributed by atoms with van der Waals surface area (Å²) in [6.07, 6.45) is 6.87. The Morgan fingerprint density at radius 3 is 2.76 bits per heavy atom. The van der Waals surface area contributed by atoms with Crippen LogP contribution >= 0.6 is 11.8 Å². The Hall–Kier alpha value is -0.470. The van der Waals surface area contributed by atoms with E-state index >= 15 is 0 Å². The van der Waals surface area contributed by atoms with Crippen molar-refractivity contribution in [3.05, 3.63) is 29.8 Å². The topological polar surface area (TPSA) is 12.0 Å². The minimum absolute atomic E-state index is 0.683. The molecule has 0 aromatic heterocycles. The van der Waals surface area contributed by atoms with Gasteiger partial charge in [-0.25, -0.2) is 0 Å². The van der Waals surface area contributed by atoms with Crippen LogP contribution in [0.25, 0.3) is 0 Å². The molecule has 0 saturated heterocycles. The van der Waals surface area contributed by atoms with E-state index < -0.39 is 0 Å². The summed E-state index contributed by atoms with van der Waals surface area (Å²) >= 11 is 2.06. The molecular formula is C15H23NS. The highest BCUT2D eigenvalue weighted by atomic mass is 32.2. The lowest BCUT2D eigenvalue weighted by molar-refractivity contribution is 0.510. The first-order valence-corrected chi connectivity index (χ1v) is 7.58. The first kappa shape index (κ1) is 13.0. The second kappa shape index (κ2) is 6.46. The Morgan fingerprint density at radius 1 is 1.18 bits per heavy atom. The van der Waals surface area contributed by atoms with Crippen molar-refractivity contribution in [2.45, 2.75) is 55.2 Å². The van der Waals surface area contributed by atoms with Gasteiger partial charge in [0.15, 0.2) is 0 Å². The number of hydrogen-bond acceptors (Lipinski definition) is 2. The van der Waals surface area contributed by atoms with Crippen molar-refractivity contribution < 1.29 is 0 Å². The standard InChI is InChI=1S/C15H23NS/c1-12-7-6-8-13(11-12)17-15-10-5-3-4-9-14(15)16-2/h6-8,11,14-16H,3-5,9-10H2,1-2H3. The average molecular weight is 249 g/mol. The zero-order valence-corrected chi connectivity index (χ0v) is 11.7. The summed E-state index contributed by atoms with van der Waals surface area (Å²) in [5, 5.41) is 4.25. The summed E-state index contributed by atoms with van der Waals surface area (Å²) in [6.45, 7) is 2.17. The van der Waals surface area contributed by atoms with Crippen LogP contribution in [0.5, 0.6) is 0 Å². The van der Waals surface area contributed by atoms with Crippen molar-refractivity contribution in [3.63, 3.8) is 0 Å². The lowest BCUT2D eigenvalue weighted by Crippen LogP contribution is -2.34. The van der Waals surface area contributed by atoms with Crippen LogP contribution in [0.3, 0.4) is 0 Å². The number of hydrogen-bond donors (Lipinski definition) is 1. The fourth-order valence-electron chi connectivity index (χ4n) is 2.61. The van der Waals surface area contributed by atoms with Crippen LogP contribution in [0.4, 0.5) is 0 Å². The van der Waals surface area contributed by atoms with Gasteiger partial charge in [0.05, 0.1) is 0 Å². The van der Waals surface area contributed by atoms with E-state index in [0.717, 1.165) is 5.25 Å². The zero-order valence-electron chi connectivity index (χ0n) is 10.9. The molecule has 1 aliphatic carbocycles. The van der Waals surface area contributed by atoms with Crippen molar-refractivity contribution in [3.8, 4) is 0 Å². The number of aryl methyl sites for hydroxylation is 1. The molecule has 2 rings (SSSR count). The highest BCUT2D eigenvalue weighted by molar-refractivity contribution is 8.00. The van der Waals surface area contributed by atoms with Crippen molar-refractivity contribution >= 4 is 11.8 Å². The monoisotopic (exact) mass is 249 g/mol. The summed E-state index contributed by atoms with van der Waals surface area (Å²) in [5.74, 6) is 0. The Bertz CT molecular complexity index is 351. The highest BCUT2D eigenvalue weighted by Crippen LogP contribution is 2.33. The molecule has 2 atom stereocenters. The number of thioether (sulfide) groups is 1. The van der Waals surface area contributed by atoms with Gasteiger partial charge in [-0.1, -0.05) is 37.0 Å². The Kier molecular flexibility index (Phi) is 4.93. The molecule has 1 saturated carbocycles. The fourth-order valence-corrected chi connectivity index (χ4v) is 4.09. The van der Waals surface area contributed by atoms with Crippen LogP contribution < -0.4 is 5.32 Å². The van der Waals surface area contributed by atoms with Crippen LogP contribution in [-0.2, 0) is 0 Å². The van der Waals surface area contributed by atoms with Gasteiger partial charge in [-0.15, -0.1) is 11.8 Å². The van der Waals surface area contributed by atoms with Crippen molar-refractivity contribution in [2.75, 3.05) is 7.05 Å². The maximum Gasteiger partial charge on any atom is 0.0248 e. The lowest BCUT2D eigenvalue weighted by Gasteiger charge is -2.24. The molecular weight excluding hydrogens is 226 g/mol. The SMILES string of the molecule is CNC1CCCCCC1Sc1cccc(C)c1. The predicted molar refractivity (Wildman–Crippen MR) is 76.8 cm³/mol. The first-order chi connectivity index (χ1) is 8.29. The van der Waals surface area contributed by atoms with E-state index in [9.17, 15) is 0 Å². The summed E-state index contributed by atoms with van der Waals surface area (Å²) in [5.41, 5.74) is 1.37. The van der Waals surface area contributed by atoms with E-state index in [1.54, 1.807) is 0 Å². The molecule has 2 unspecified atom stereocenters. The van der Waals surface area contributed by atoms with Gasteiger partial charge in [-0.2, -0.15) is 0 Å². The molecule has 0 radical (unpaired) electrons. The molecule has 1 aliphatic rings. The molecule has 0 bridgehead atoms.